The lowest BCUT2D eigenvalue weighted by atomic mass is 10.1. The fraction of sp³-hybridized carbons (Fsp3) is 0.417. The van der Waals surface area contributed by atoms with Gasteiger partial charge in [-0.15, -0.1) is 0 Å². The zero-order valence-corrected chi connectivity index (χ0v) is 16.8. The fourth-order valence-corrected chi connectivity index (χ4v) is 3.39. The van der Waals surface area contributed by atoms with Gasteiger partial charge in [-0.05, 0) is 17.7 Å². The monoisotopic (exact) mass is 431 g/mol. The van der Waals surface area contributed by atoms with E-state index in [9.17, 15) is 26.2 Å². The Hall–Kier alpha value is -1.50. The molecule has 0 heterocycles. The lowest BCUT2D eigenvalue weighted by molar-refractivity contribution is -0.126. The quantitative estimate of drug-likeness (QED) is 0.434. The summed E-state index contributed by atoms with van der Waals surface area (Å²) < 4.78 is 75.6. The molecule has 0 aliphatic rings. The van der Waals surface area contributed by atoms with Gasteiger partial charge >= 0.3 is 17.9 Å². The topological polar surface area (TPSA) is 151 Å². The SMILES string of the molecule is COP(=O)(NC(=O)[C@@H](OS(C)(=O)=O)c1ccc(OS(C)(=O)=O)cc1)OC. The van der Waals surface area contributed by atoms with E-state index in [0.29, 0.717) is 0 Å². The van der Waals surface area contributed by atoms with Gasteiger partial charge in [-0.25, -0.2) is 4.57 Å². The van der Waals surface area contributed by atoms with Crippen LogP contribution in [0.3, 0.4) is 0 Å². The first-order valence-electron chi connectivity index (χ1n) is 6.70. The molecule has 0 saturated heterocycles. The molecule has 1 N–H and O–H groups in total. The van der Waals surface area contributed by atoms with Crippen molar-refractivity contribution in [3.63, 3.8) is 0 Å². The van der Waals surface area contributed by atoms with Gasteiger partial charge < -0.3 is 4.18 Å². The molecule has 0 aliphatic carbocycles. The van der Waals surface area contributed by atoms with Gasteiger partial charge in [0.1, 0.15) is 5.75 Å². The summed E-state index contributed by atoms with van der Waals surface area (Å²) in [5.41, 5.74) is 0.0209. The zero-order valence-electron chi connectivity index (χ0n) is 14.2. The van der Waals surface area contributed by atoms with E-state index in [1.807, 2.05) is 5.09 Å². The van der Waals surface area contributed by atoms with E-state index in [0.717, 1.165) is 26.7 Å². The van der Waals surface area contributed by atoms with Crippen LogP contribution in [0.5, 0.6) is 5.75 Å². The minimum absolute atomic E-state index is 0.0209. The molecule has 1 aromatic rings. The number of amides is 1. The van der Waals surface area contributed by atoms with Crippen molar-refractivity contribution in [3.05, 3.63) is 29.8 Å². The average molecular weight is 431 g/mol. The Morgan fingerprint density at radius 3 is 1.88 bits per heavy atom. The number of nitrogens with one attached hydrogen (secondary N) is 1. The second kappa shape index (κ2) is 8.46. The molecule has 0 aliphatic heterocycles. The molecule has 11 nitrogen and oxygen atoms in total. The maximum absolute atomic E-state index is 12.3. The van der Waals surface area contributed by atoms with Crippen LogP contribution in [0.4, 0.5) is 0 Å². The van der Waals surface area contributed by atoms with Gasteiger partial charge in [-0.3, -0.25) is 23.1 Å². The van der Waals surface area contributed by atoms with Crippen LogP contribution in [-0.2, 0) is 42.8 Å². The summed E-state index contributed by atoms with van der Waals surface area (Å²) in [6, 6.07) is 4.80. The van der Waals surface area contributed by atoms with Crippen molar-refractivity contribution < 1.29 is 43.6 Å². The Morgan fingerprint density at radius 2 is 1.50 bits per heavy atom. The van der Waals surface area contributed by atoms with Crippen LogP contribution >= 0.6 is 7.75 Å². The number of carbonyl (C=O) groups excluding carboxylic acids is 1. The lowest BCUT2D eigenvalue weighted by Crippen LogP contribution is -2.30. The molecule has 148 valence electrons. The number of hydrogen-bond acceptors (Lipinski definition) is 10. The van der Waals surface area contributed by atoms with Gasteiger partial charge in [0, 0.05) is 14.2 Å². The Labute approximate surface area is 151 Å². The molecule has 0 aromatic heterocycles. The molecule has 1 rings (SSSR count). The first-order valence-corrected chi connectivity index (χ1v) is 11.9. The molecule has 0 spiro atoms. The highest BCUT2D eigenvalue weighted by Crippen LogP contribution is 2.42. The molecule has 1 amide bonds. The molecule has 1 atom stereocenters. The molecule has 14 heteroatoms. The highest BCUT2D eigenvalue weighted by atomic mass is 32.2. The first-order chi connectivity index (χ1) is 11.8. The summed E-state index contributed by atoms with van der Waals surface area (Å²) in [6.07, 6.45) is -0.159. The molecule has 26 heavy (non-hydrogen) atoms. The van der Waals surface area contributed by atoms with Crippen molar-refractivity contribution in [2.45, 2.75) is 6.10 Å². The van der Waals surface area contributed by atoms with E-state index in [2.05, 4.69) is 13.2 Å². The highest BCUT2D eigenvalue weighted by molar-refractivity contribution is 7.86. The van der Waals surface area contributed by atoms with E-state index >= 15 is 0 Å². The Balaban J connectivity index is 3.18. The van der Waals surface area contributed by atoms with Crippen molar-refractivity contribution in [1.29, 1.82) is 0 Å². The van der Waals surface area contributed by atoms with Crippen LogP contribution in [0.15, 0.2) is 24.3 Å². The maximum Gasteiger partial charge on any atom is 0.434 e. The molecular formula is C12H18NO10PS2. The van der Waals surface area contributed by atoms with E-state index in [4.69, 9.17) is 4.18 Å². The van der Waals surface area contributed by atoms with Gasteiger partial charge in [0.15, 0.2) is 6.10 Å². The van der Waals surface area contributed by atoms with Crippen LogP contribution < -0.4 is 9.27 Å². The van der Waals surface area contributed by atoms with Crippen molar-refractivity contribution >= 4 is 33.9 Å². The van der Waals surface area contributed by atoms with Crippen LogP contribution in [0, 0.1) is 0 Å². The second-order valence-electron chi connectivity index (χ2n) is 4.88. The Bertz CT molecular complexity index is 886. The van der Waals surface area contributed by atoms with Crippen LogP contribution in [0.1, 0.15) is 11.7 Å². The number of benzene rings is 1. The van der Waals surface area contributed by atoms with Gasteiger partial charge in [0.25, 0.3) is 16.0 Å². The summed E-state index contributed by atoms with van der Waals surface area (Å²) in [7, 11) is -9.79. The third kappa shape index (κ3) is 7.40. The summed E-state index contributed by atoms with van der Waals surface area (Å²) in [5.74, 6) is -1.17. The van der Waals surface area contributed by atoms with Gasteiger partial charge in [0.2, 0.25) is 0 Å². The van der Waals surface area contributed by atoms with Gasteiger partial charge in [-0.2, -0.15) is 16.8 Å². The van der Waals surface area contributed by atoms with E-state index in [1.165, 1.54) is 24.3 Å². The molecule has 0 fully saturated rings. The third-order valence-corrected chi connectivity index (χ3v) is 5.16. The standard InChI is InChI=1S/C12H18NO10PS2/c1-20-24(15,21-2)13-12(14)11(23-26(4,18)19)9-5-7-10(8-6-9)22-25(3,16)17/h5-8,11H,1-4H3,(H,13,14,15)/t11-/m0/s1. The van der Waals surface area contributed by atoms with Crippen molar-refractivity contribution in [2.75, 3.05) is 26.7 Å². The molecule has 1 aromatic carbocycles. The number of rotatable bonds is 9. The first kappa shape index (κ1) is 22.5. The Morgan fingerprint density at radius 1 is 1.00 bits per heavy atom. The summed E-state index contributed by atoms with van der Waals surface area (Å²) >= 11 is 0. The number of hydrogen-bond donors (Lipinski definition) is 1. The van der Waals surface area contributed by atoms with Crippen LogP contribution in [-0.4, -0.2) is 49.5 Å². The van der Waals surface area contributed by atoms with Crippen molar-refractivity contribution in [1.82, 2.24) is 5.09 Å². The predicted octanol–water partition coefficient (Wildman–Crippen LogP) is 0.559. The zero-order chi connectivity index (χ0) is 20.2. The molecule has 0 saturated carbocycles. The molecule has 0 radical (unpaired) electrons. The molecule has 0 bridgehead atoms. The van der Waals surface area contributed by atoms with Gasteiger partial charge in [-0.1, -0.05) is 12.1 Å². The summed E-state index contributed by atoms with van der Waals surface area (Å²) in [4.78, 5) is 12.3. The predicted molar refractivity (Wildman–Crippen MR) is 90.4 cm³/mol. The average Bonchev–Trinajstić information content (AvgIpc) is 2.51. The fourth-order valence-electron chi connectivity index (χ4n) is 1.66. The van der Waals surface area contributed by atoms with E-state index < -0.39 is 40.0 Å². The maximum atomic E-state index is 12.3. The second-order valence-corrected chi connectivity index (χ2v) is 10.0. The smallest absolute Gasteiger partial charge is 0.383 e. The Kier molecular flexibility index (Phi) is 7.33. The van der Waals surface area contributed by atoms with E-state index in [-0.39, 0.29) is 11.3 Å². The molecule has 0 unspecified atom stereocenters. The van der Waals surface area contributed by atoms with E-state index in [1.54, 1.807) is 0 Å². The lowest BCUT2D eigenvalue weighted by Gasteiger charge is -2.20. The van der Waals surface area contributed by atoms with Gasteiger partial charge in [0.05, 0.1) is 12.5 Å². The minimum atomic E-state index is -4.08. The largest absolute Gasteiger partial charge is 0.434 e. The molecular weight excluding hydrogens is 413 g/mol. The van der Waals surface area contributed by atoms with Crippen LogP contribution in [0.2, 0.25) is 0 Å². The van der Waals surface area contributed by atoms with Crippen molar-refractivity contribution in [3.8, 4) is 5.75 Å². The van der Waals surface area contributed by atoms with Crippen molar-refractivity contribution in [2.24, 2.45) is 0 Å². The normalized spacial score (nSPS) is 13.8. The van der Waals surface area contributed by atoms with Crippen LogP contribution in [0.25, 0.3) is 0 Å². The third-order valence-electron chi connectivity index (χ3n) is 2.67. The summed E-state index contributed by atoms with van der Waals surface area (Å²) in [6.45, 7) is 0. The number of carbonyl (C=O) groups is 1. The minimum Gasteiger partial charge on any atom is -0.383 e. The highest BCUT2D eigenvalue weighted by Gasteiger charge is 2.32. The summed E-state index contributed by atoms with van der Waals surface area (Å²) in [5, 5.41) is 1.92.